The molecule has 2 aromatic rings. The molecule has 0 aromatic heterocycles. The number of hydrogen-bond donors (Lipinski definition) is 1. The molecule has 0 saturated carbocycles. The molecule has 0 radical (unpaired) electrons. The number of carbonyl (C=O) groups is 2. The molecule has 11 heteroatoms. The molecule has 0 spiro atoms. The van der Waals surface area contributed by atoms with E-state index in [4.69, 9.17) is 23.2 Å². The van der Waals surface area contributed by atoms with E-state index in [1.54, 1.807) is 25.1 Å². The van der Waals surface area contributed by atoms with Crippen LogP contribution in [0.15, 0.2) is 42.5 Å². The number of para-hydroxylation sites is 1. The highest BCUT2D eigenvalue weighted by atomic mass is 35.5. The van der Waals surface area contributed by atoms with E-state index < -0.39 is 27.4 Å². The zero-order valence-corrected chi connectivity index (χ0v) is 23.3. The van der Waals surface area contributed by atoms with Crippen LogP contribution >= 0.6 is 23.2 Å². The van der Waals surface area contributed by atoms with Gasteiger partial charge in [0, 0.05) is 35.1 Å². The van der Waals surface area contributed by atoms with Crippen molar-refractivity contribution in [3.05, 3.63) is 63.9 Å². The van der Waals surface area contributed by atoms with Crippen LogP contribution in [0.5, 0.6) is 0 Å². The molecule has 0 aliphatic carbocycles. The van der Waals surface area contributed by atoms with E-state index in [-0.39, 0.29) is 43.4 Å². The lowest BCUT2D eigenvalue weighted by Gasteiger charge is -2.32. The first kappa shape index (κ1) is 29.9. The normalized spacial score (nSPS) is 12.7. The summed E-state index contributed by atoms with van der Waals surface area (Å²) in [6.45, 7) is 7.07. The number of anilines is 1. The number of nitrogens with zero attached hydrogens (tertiary/aromatic N) is 2. The van der Waals surface area contributed by atoms with Crippen LogP contribution in [0.4, 0.5) is 10.1 Å². The monoisotopic (exact) mass is 559 g/mol. The summed E-state index contributed by atoms with van der Waals surface area (Å²) in [4.78, 5) is 27.6. The van der Waals surface area contributed by atoms with Crippen molar-refractivity contribution in [3.8, 4) is 0 Å². The second kappa shape index (κ2) is 12.3. The standard InChI is InChI=1S/C25H32Cl2FN3O4S/c1-17(24(33)29-25(2,3)4)30(16-18-12-13-19(26)15-20(18)27)23(32)11-8-14-31(36(5,34)35)22-10-7-6-9-21(22)28/h6-7,9-10,12-13,15,17H,8,11,14,16H2,1-5H3,(H,29,33). The molecule has 36 heavy (non-hydrogen) atoms. The van der Waals surface area contributed by atoms with Crippen LogP contribution in [0, 0.1) is 5.82 Å². The molecule has 0 heterocycles. The quantitative estimate of drug-likeness (QED) is 0.443. The van der Waals surface area contributed by atoms with Gasteiger partial charge in [-0.15, -0.1) is 0 Å². The summed E-state index contributed by atoms with van der Waals surface area (Å²) < 4.78 is 39.8. The molecule has 1 N–H and O–H groups in total. The van der Waals surface area contributed by atoms with Gasteiger partial charge in [-0.05, 0) is 63.9 Å². The number of amides is 2. The van der Waals surface area contributed by atoms with Crippen molar-refractivity contribution in [2.45, 2.75) is 58.7 Å². The number of carbonyl (C=O) groups excluding carboxylic acids is 2. The maximum Gasteiger partial charge on any atom is 0.242 e. The van der Waals surface area contributed by atoms with E-state index in [0.29, 0.717) is 15.6 Å². The lowest BCUT2D eigenvalue weighted by atomic mass is 10.1. The molecular weight excluding hydrogens is 528 g/mol. The van der Waals surface area contributed by atoms with Gasteiger partial charge < -0.3 is 10.2 Å². The maximum atomic E-state index is 14.3. The highest BCUT2D eigenvalue weighted by Crippen LogP contribution is 2.25. The van der Waals surface area contributed by atoms with Gasteiger partial charge in [0.1, 0.15) is 11.9 Å². The first-order chi connectivity index (χ1) is 16.6. The summed E-state index contributed by atoms with van der Waals surface area (Å²) in [6, 6.07) is 9.59. The molecule has 0 saturated heterocycles. The molecule has 0 bridgehead atoms. The fourth-order valence-corrected chi connectivity index (χ4v) is 4.96. The van der Waals surface area contributed by atoms with Gasteiger partial charge in [-0.25, -0.2) is 12.8 Å². The van der Waals surface area contributed by atoms with Gasteiger partial charge in [-0.1, -0.05) is 41.4 Å². The van der Waals surface area contributed by atoms with Gasteiger partial charge in [-0.3, -0.25) is 13.9 Å². The molecule has 2 amide bonds. The minimum Gasteiger partial charge on any atom is -0.350 e. The molecular formula is C25H32Cl2FN3O4S. The summed E-state index contributed by atoms with van der Waals surface area (Å²) in [6.07, 6.45) is 1.02. The van der Waals surface area contributed by atoms with Crippen molar-refractivity contribution in [2.75, 3.05) is 17.1 Å². The summed E-state index contributed by atoms with van der Waals surface area (Å²) in [5.41, 5.74) is 0.0115. The largest absolute Gasteiger partial charge is 0.350 e. The van der Waals surface area contributed by atoms with Gasteiger partial charge in [0.2, 0.25) is 21.8 Å². The average molecular weight is 561 g/mol. The zero-order chi connectivity index (χ0) is 27.3. The van der Waals surface area contributed by atoms with E-state index in [1.165, 1.54) is 29.2 Å². The van der Waals surface area contributed by atoms with Crippen LogP contribution in [0.1, 0.15) is 46.1 Å². The van der Waals surface area contributed by atoms with Crippen LogP contribution in [-0.4, -0.2) is 49.5 Å². The smallest absolute Gasteiger partial charge is 0.242 e. The molecule has 1 unspecified atom stereocenters. The summed E-state index contributed by atoms with van der Waals surface area (Å²) in [7, 11) is -3.79. The Bertz CT molecular complexity index is 1200. The van der Waals surface area contributed by atoms with Crippen LogP contribution in [0.25, 0.3) is 0 Å². The molecule has 0 fully saturated rings. The van der Waals surface area contributed by atoms with E-state index >= 15 is 0 Å². The predicted octanol–water partition coefficient (Wildman–Crippen LogP) is 5.01. The fourth-order valence-electron chi connectivity index (χ4n) is 3.53. The van der Waals surface area contributed by atoms with Crippen molar-refractivity contribution in [1.82, 2.24) is 10.2 Å². The highest BCUT2D eigenvalue weighted by molar-refractivity contribution is 7.92. The Hall–Kier alpha value is -2.36. The number of nitrogens with one attached hydrogen (secondary N) is 1. The highest BCUT2D eigenvalue weighted by Gasteiger charge is 2.29. The Morgan fingerprint density at radius 2 is 1.75 bits per heavy atom. The predicted molar refractivity (Wildman–Crippen MR) is 142 cm³/mol. The van der Waals surface area contributed by atoms with Gasteiger partial charge in [0.25, 0.3) is 0 Å². The summed E-state index contributed by atoms with van der Waals surface area (Å²) in [5, 5.41) is 3.66. The molecule has 1 atom stereocenters. The summed E-state index contributed by atoms with van der Waals surface area (Å²) in [5.74, 6) is -1.40. The molecule has 2 aromatic carbocycles. The van der Waals surface area contributed by atoms with E-state index in [9.17, 15) is 22.4 Å². The average Bonchev–Trinajstić information content (AvgIpc) is 2.74. The molecule has 2 rings (SSSR count). The van der Waals surface area contributed by atoms with E-state index in [1.807, 2.05) is 20.8 Å². The lowest BCUT2D eigenvalue weighted by molar-refractivity contribution is -0.141. The Morgan fingerprint density at radius 1 is 1.11 bits per heavy atom. The number of sulfonamides is 1. The third-order valence-electron chi connectivity index (χ3n) is 5.29. The number of rotatable bonds is 10. The minimum absolute atomic E-state index is 0.0523. The van der Waals surface area contributed by atoms with Crippen molar-refractivity contribution >= 4 is 50.7 Å². The number of hydrogen-bond acceptors (Lipinski definition) is 4. The second-order valence-corrected chi connectivity index (χ2v) is 12.3. The molecule has 0 aliphatic heterocycles. The van der Waals surface area contributed by atoms with E-state index in [0.717, 1.165) is 10.6 Å². The van der Waals surface area contributed by atoms with Crippen molar-refractivity contribution in [3.63, 3.8) is 0 Å². The van der Waals surface area contributed by atoms with Crippen LogP contribution in [-0.2, 0) is 26.2 Å². The van der Waals surface area contributed by atoms with Gasteiger partial charge in [0.15, 0.2) is 0 Å². The summed E-state index contributed by atoms with van der Waals surface area (Å²) >= 11 is 12.3. The first-order valence-corrected chi connectivity index (χ1v) is 14.0. The van der Waals surface area contributed by atoms with Crippen molar-refractivity contribution < 1.29 is 22.4 Å². The Labute approximate surface area is 222 Å². The van der Waals surface area contributed by atoms with Crippen LogP contribution < -0.4 is 9.62 Å². The van der Waals surface area contributed by atoms with Gasteiger partial charge in [0.05, 0.1) is 11.9 Å². The Kier molecular flexibility index (Phi) is 10.2. The third kappa shape index (κ3) is 8.64. The van der Waals surface area contributed by atoms with Crippen LogP contribution in [0.3, 0.4) is 0 Å². The molecule has 0 aliphatic rings. The molecule has 198 valence electrons. The SMILES string of the molecule is CC(C(=O)NC(C)(C)C)N(Cc1ccc(Cl)cc1Cl)C(=O)CCCN(c1ccccc1F)S(C)(=O)=O. The van der Waals surface area contributed by atoms with Crippen molar-refractivity contribution in [1.29, 1.82) is 0 Å². The molecule has 7 nitrogen and oxygen atoms in total. The Balaban J connectivity index is 2.24. The van der Waals surface area contributed by atoms with E-state index in [2.05, 4.69) is 5.32 Å². The minimum atomic E-state index is -3.79. The number of halogens is 3. The lowest BCUT2D eigenvalue weighted by Crippen LogP contribution is -2.52. The maximum absolute atomic E-state index is 14.3. The van der Waals surface area contributed by atoms with Gasteiger partial charge >= 0.3 is 0 Å². The van der Waals surface area contributed by atoms with Crippen LogP contribution in [0.2, 0.25) is 10.0 Å². The number of benzene rings is 2. The zero-order valence-electron chi connectivity index (χ0n) is 21.0. The Morgan fingerprint density at radius 3 is 2.31 bits per heavy atom. The fraction of sp³-hybridized carbons (Fsp3) is 0.440. The second-order valence-electron chi connectivity index (χ2n) is 9.56. The third-order valence-corrected chi connectivity index (χ3v) is 7.06. The first-order valence-electron chi connectivity index (χ1n) is 11.4. The van der Waals surface area contributed by atoms with Gasteiger partial charge in [-0.2, -0.15) is 0 Å². The van der Waals surface area contributed by atoms with Crippen molar-refractivity contribution in [2.24, 2.45) is 0 Å². The topological polar surface area (TPSA) is 86.8 Å².